The van der Waals surface area contributed by atoms with Crippen molar-refractivity contribution in [1.82, 2.24) is 4.98 Å². The molecule has 0 saturated heterocycles. The van der Waals surface area contributed by atoms with E-state index in [9.17, 15) is 17.4 Å². The number of oxime groups is 1. The predicted octanol–water partition coefficient (Wildman–Crippen LogP) is 3.79. The van der Waals surface area contributed by atoms with Gasteiger partial charge in [0, 0.05) is 12.2 Å². The Morgan fingerprint density at radius 1 is 1.48 bits per heavy atom. The summed E-state index contributed by atoms with van der Waals surface area (Å²) in [5.74, 6) is -1.78. The van der Waals surface area contributed by atoms with Crippen molar-refractivity contribution in [3.63, 3.8) is 0 Å². The molecule has 0 aromatic carbocycles. The molecule has 0 aliphatic rings. The smallest absolute Gasteiger partial charge is 0.301 e. The lowest BCUT2D eigenvalue weighted by Crippen LogP contribution is -1.98. The molecule has 0 spiro atoms. The highest BCUT2D eigenvalue weighted by Crippen LogP contribution is 2.21. The maximum atomic E-state index is 12.7. The Kier molecular flexibility index (Phi) is 7.03. The van der Waals surface area contributed by atoms with Crippen molar-refractivity contribution in [1.29, 1.82) is 0 Å². The summed E-state index contributed by atoms with van der Waals surface area (Å²) in [6, 6.07) is 0. The lowest BCUT2D eigenvalue weighted by Gasteiger charge is -1.99. The number of nitrogens with zero attached hydrogens (tertiary/aromatic N) is 2. The van der Waals surface area contributed by atoms with Gasteiger partial charge in [-0.05, 0) is 20.8 Å². The van der Waals surface area contributed by atoms with Crippen molar-refractivity contribution in [3.05, 3.63) is 22.5 Å². The van der Waals surface area contributed by atoms with Crippen molar-refractivity contribution in [2.75, 3.05) is 5.75 Å². The Labute approximate surface area is 127 Å². The summed E-state index contributed by atoms with van der Waals surface area (Å²) >= 11 is 1.11. The third kappa shape index (κ3) is 5.96. The van der Waals surface area contributed by atoms with Crippen LogP contribution in [0.15, 0.2) is 21.4 Å². The molecule has 1 heterocycles. The van der Waals surface area contributed by atoms with E-state index in [0.29, 0.717) is 10.6 Å². The van der Waals surface area contributed by atoms with E-state index in [-0.39, 0.29) is 16.2 Å². The summed E-state index contributed by atoms with van der Waals surface area (Å²) in [5, 5.41) is 3.75. The van der Waals surface area contributed by atoms with Crippen LogP contribution in [0.1, 0.15) is 30.8 Å². The summed E-state index contributed by atoms with van der Waals surface area (Å²) in [6.45, 7) is 5.35. The lowest BCUT2D eigenvalue weighted by atomic mass is 10.4. The van der Waals surface area contributed by atoms with Crippen LogP contribution in [-0.4, -0.2) is 27.3 Å². The first-order valence-corrected chi connectivity index (χ1v) is 8.19. The van der Waals surface area contributed by atoms with Gasteiger partial charge in [0.1, 0.15) is 6.10 Å². The molecule has 0 amide bonds. The molecule has 1 unspecified atom stereocenters. The van der Waals surface area contributed by atoms with E-state index in [1.165, 1.54) is 6.21 Å². The number of thiazole rings is 1. The number of rotatable bonds is 7. The summed E-state index contributed by atoms with van der Waals surface area (Å²) in [5.41, 5.74) is 0.604. The fourth-order valence-corrected chi connectivity index (χ4v) is 3.49. The Morgan fingerprint density at radius 3 is 2.71 bits per heavy atom. The van der Waals surface area contributed by atoms with Crippen LogP contribution in [-0.2, 0) is 15.6 Å². The molecule has 9 heteroatoms. The van der Waals surface area contributed by atoms with Gasteiger partial charge in [-0.2, -0.15) is 8.78 Å². The van der Waals surface area contributed by atoms with Crippen LogP contribution >= 0.6 is 11.3 Å². The fourth-order valence-electron chi connectivity index (χ4n) is 1.16. The molecule has 0 aliphatic carbocycles. The molecular formula is C12H15F3N2O2S2. The van der Waals surface area contributed by atoms with Crippen molar-refractivity contribution in [2.24, 2.45) is 5.16 Å². The van der Waals surface area contributed by atoms with Gasteiger partial charge >= 0.3 is 6.08 Å². The Morgan fingerprint density at radius 2 is 2.14 bits per heavy atom. The van der Waals surface area contributed by atoms with Crippen molar-refractivity contribution in [2.45, 2.75) is 37.6 Å². The summed E-state index contributed by atoms with van der Waals surface area (Å²) in [6.07, 6.45) is -1.56. The molecule has 0 fully saturated rings. The van der Waals surface area contributed by atoms with E-state index in [0.717, 1.165) is 11.3 Å². The van der Waals surface area contributed by atoms with Crippen LogP contribution in [0.3, 0.4) is 0 Å². The number of hydrogen-bond acceptors (Lipinski definition) is 5. The van der Waals surface area contributed by atoms with Crippen molar-refractivity contribution in [3.8, 4) is 0 Å². The second kappa shape index (κ2) is 8.28. The first-order valence-electron chi connectivity index (χ1n) is 6.06. The molecule has 4 nitrogen and oxygen atoms in total. The van der Waals surface area contributed by atoms with Crippen molar-refractivity contribution < 1.29 is 22.2 Å². The van der Waals surface area contributed by atoms with E-state index in [1.807, 2.05) is 13.8 Å². The second-order valence-corrected chi connectivity index (χ2v) is 7.06. The van der Waals surface area contributed by atoms with E-state index >= 15 is 0 Å². The zero-order chi connectivity index (χ0) is 16.0. The summed E-state index contributed by atoms with van der Waals surface area (Å²) in [4.78, 5) is 9.74. The third-order valence-electron chi connectivity index (χ3n) is 2.16. The molecule has 1 aromatic rings. The number of aromatic nitrogens is 1. The van der Waals surface area contributed by atoms with Gasteiger partial charge in [-0.1, -0.05) is 5.16 Å². The van der Waals surface area contributed by atoms with E-state index in [4.69, 9.17) is 4.84 Å². The summed E-state index contributed by atoms with van der Waals surface area (Å²) < 4.78 is 48.6. The maximum absolute atomic E-state index is 12.7. The first kappa shape index (κ1) is 17.8. The highest BCUT2D eigenvalue weighted by atomic mass is 32.2. The normalized spacial score (nSPS) is 12.9. The number of halogens is 3. The van der Waals surface area contributed by atoms with Gasteiger partial charge in [0.15, 0.2) is 10.2 Å². The molecule has 0 saturated carbocycles. The number of allylic oxidation sites excluding steroid dienone is 1. The molecule has 0 bridgehead atoms. The maximum Gasteiger partial charge on any atom is 0.301 e. The Bertz CT molecular complexity index is 567. The zero-order valence-electron chi connectivity index (χ0n) is 11.7. The average molecular weight is 340 g/mol. The number of aryl methyl sites for hydroxylation is 1. The molecule has 0 N–H and O–H groups in total. The quantitative estimate of drug-likeness (QED) is 0.560. The van der Waals surface area contributed by atoms with E-state index in [2.05, 4.69) is 10.1 Å². The predicted molar refractivity (Wildman–Crippen MR) is 76.9 cm³/mol. The monoisotopic (exact) mass is 340 g/mol. The molecule has 0 aliphatic heterocycles. The van der Waals surface area contributed by atoms with Gasteiger partial charge in [0.05, 0.1) is 27.6 Å². The van der Waals surface area contributed by atoms with Gasteiger partial charge < -0.3 is 4.84 Å². The van der Waals surface area contributed by atoms with E-state index in [1.54, 1.807) is 6.92 Å². The standard InChI is InChI=1S/C12H15F3N2O2S2/c1-7(2)19-16-6-10-8(3)17-12(20-10)21(18)5-4-9(13)11(14)15/h6-7H,4-5H2,1-3H3. The topological polar surface area (TPSA) is 51.5 Å². The van der Waals surface area contributed by atoms with Crippen LogP contribution in [0.2, 0.25) is 0 Å². The molecular weight excluding hydrogens is 325 g/mol. The molecule has 21 heavy (non-hydrogen) atoms. The van der Waals surface area contributed by atoms with Crippen LogP contribution in [0.5, 0.6) is 0 Å². The number of hydrogen-bond donors (Lipinski definition) is 0. The average Bonchev–Trinajstić information content (AvgIpc) is 2.76. The minimum atomic E-state index is -2.37. The SMILES string of the molecule is Cc1nc(S(=O)CCC(F)=C(F)F)sc1C=NOC(C)C. The lowest BCUT2D eigenvalue weighted by molar-refractivity contribution is 0.0874. The van der Waals surface area contributed by atoms with Crippen LogP contribution < -0.4 is 0 Å². The van der Waals surface area contributed by atoms with Gasteiger partial charge in [-0.3, -0.25) is 4.21 Å². The highest BCUT2D eigenvalue weighted by molar-refractivity contribution is 7.87. The van der Waals surface area contributed by atoms with Gasteiger partial charge in [-0.15, -0.1) is 11.3 Å². The highest BCUT2D eigenvalue weighted by Gasteiger charge is 2.14. The Balaban J connectivity index is 2.70. The van der Waals surface area contributed by atoms with Gasteiger partial charge in [-0.25, -0.2) is 9.37 Å². The van der Waals surface area contributed by atoms with Crippen LogP contribution in [0, 0.1) is 6.92 Å². The third-order valence-corrected chi connectivity index (χ3v) is 4.91. The summed E-state index contributed by atoms with van der Waals surface area (Å²) in [7, 11) is -1.63. The fraction of sp³-hybridized carbons (Fsp3) is 0.500. The first-order chi connectivity index (χ1) is 9.81. The molecule has 118 valence electrons. The molecule has 1 rings (SSSR count). The zero-order valence-corrected chi connectivity index (χ0v) is 13.4. The molecule has 1 aromatic heterocycles. The molecule has 1 atom stereocenters. The van der Waals surface area contributed by atoms with Gasteiger partial charge in [0.2, 0.25) is 0 Å². The van der Waals surface area contributed by atoms with Gasteiger partial charge in [0.25, 0.3) is 0 Å². The van der Waals surface area contributed by atoms with E-state index < -0.39 is 29.1 Å². The molecule has 0 radical (unpaired) electrons. The minimum absolute atomic E-state index is 0.0616. The second-order valence-electron chi connectivity index (χ2n) is 4.28. The Hall–Kier alpha value is -1.22. The van der Waals surface area contributed by atoms with Crippen LogP contribution in [0.4, 0.5) is 13.2 Å². The minimum Gasteiger partial charge on any atom is -0.393 e. The largest absolute Gasteiger partial charge is 0.393 e. The van der Waals surface area contributed by atoms with Crippen LogP contribution in [0.25, 0.3) is 0 Å². The van der Waals surface area contributed by atoms with Crippen molar-refractivity contribution >= 4 is 28.4 Å².